The lowest BCUT2D eigenvalue weighted by Crippen LogP contribution is -2.36. The standard InChI is InChI=1S/C44H40N2O11/c1-51-33-17-23(18-34(52-2)42(33)53-3)36-26-19-31-32(56-22-55-31)20-27(26)41(28-21-54-44(50)37(28)36)57-35(47)15-5-4-10-16-46-30-14-9-7-12-25(30)38(43(46)49)39-40(48)24-11-6-8-13-29(24)45-39/h6-9,11-14,17-20,28,36-37,41,49H,4-5,10,15-16,21-22H2,1-3H3/t28-,36+,37-,41-/m0/s1. The fourth-order valence-electron chi connectivity index (χ4n) is 8.84. The number of carbonyl (C=O) groups excluding carboxylic acids is 3. The van der Waals surface area contributed by atoms with Crippen molar-refractivity contribution in [2.45, 2.75) is 44.2 Å². The lowest BCUT2D eigenvalue weighted by atomic mass is 9.66. The van der Waals surface area contributed by atoms with Gasteiger partial charge in [-0.2, -0.15) is 0 Å². The van der Waals surface area contributed by atoms with E-state index in [-0.39, 0.29) is 43.2 Å². The van der Waals surface area contributed by atoms with Crippen LogP contribution in [-0.4, -0.2) is 67.8 Å². The van der Waals surface area contributed by atoms with Crippen LogP contribution in [0.2, 0.25) is 0 Å². The number of nitrogens with zero attached hydrogens (tertiary/aromatic N) is 2. The number of carbonyl (C=O) groups is 3. The lowest BCUT2D eigenvalue weighted by Gasteiger charge is -2.38. The summed E-state index contributed by atoms with van der Waals surface area (Å²) in [7, 11) is 4.60. The molecule has 1 N–H and O–H groups in total. The molecule has 0 amide bonds. The summed E-state index contributed by atoms with van der Waals surface area (Å²) >= 11 is 0. The maximum Gasteiger partial charge on any atom is 0.310 e. The number of rotatable bonds is 12. The maximum absolute atomic E-state index is 13.6. The second-order valence-electron chi connectivity index (χ2n) is 14.5. The van der Waals surface area contributed by atoms with Gasteiger partial charge in [0, 0.05) is 41.3 Å². The fourth-order valence-corrected chi connectivity index (χ4v) is 8.84. The van der Waals surface area contributed by atoms with E-state index in [4.69, 9.17) is 33.2 Å². The Hall–Kier alpha value is -6.50. The van der Waals surface area contributed by atoms with Crippen molar-refractivity contribution in [1.29, 1.82) is 0 Å². The molecule has 292 valence electrons. The van der Waals surface area contributed by atoms with E-state index < -0.39 is 29.8 Å². The third-order valence-corrected chi connectivity index (χ3v) is 11.5. The third kappa shape index (κ3) is 5.99. The molecule has 3 aliphatic heterocycles. The summed E-state index contributed by atoms with van der Waals surface area (Å²) in [6, 6.07) is 22.1. The molecule has 1 saturated heterocycles. The number of unbranched alkanes of at least 4 members (excludes halogenated alkanes) is 2. The van der Waals surface area contributed by atoms with Crippen molar-refractivity contribution in [2.24, 2.45) is 16.8 Å². The third-order valence-electron chi connectivity index (χ3n) is 11.5. The predicted octanol–water partition coefficient (Wildman–Crippen LogP) is 7.20. The van der Waals surface area contributed by atoms with E-state index in [9.17, 15) is 19.5 Å². The molecule has 4 aliphatic rings. The van der Waals surface area contributed by atoms with Crippen LogP contribution in [0.15, 0.2) is 77.8 Å². The number of Topliss-reactive ketones (excluding diaryl/α,β-unsaturated/α-hetero) is 1. The zero-order chi connectivity index (χ0) is 39.4. The van der Waals surface area contributed by atoms with E-state index in [1.54, 1.807) is 22.8 Å². The Morgan fingerprint density at radius 3 is 2.32 bits per heavy atom. The zero-order valence-corrected chi connectivity index (χ0v) is 31.6. The van der Waals surface area contributed by atoms with E-state index in [1.165, 1.54) is 21.3 Å². The van der Waals surface area contributed by atoms with Crippen molar-refractivity contribution in [3.8, 4) is 34.6 Å². The number of aliphatic imine (C=N–C) groups is 1. The highest BCUT2D eigenvalue weighted by Crippen LogP contribution is 2.56. The summed E-state index contributed by atoms with van der Waals surface area (Å²) in [4.78, 5) is 45.1. The SMILES string of the molecule is COc1cc([C@@H]2c3cc4c(cc3[C@H](OC(=O)CCCCCn3c(O)c(C5=Nc6ccccc6C5=O)c5ccccc53)[C@H]3COC(=O)[C@H]23)OCO4)cc(OC)c1OC. The van der Waals surface area contributed by atoms with Gasteiger partial charge in [0.25, 0.3) is 0 Å². The monoisotopic (exact) mass is 772 g/mol. The Morgan fingerprint density at radius 1 is 0.860 bits per heavy atom. The van der Waals surface area contributed by atoms with Crippen LogP contribution in [0.3, 0.4) is 0 Å². The Labute approximate surface area is 327 Å². The van der Waals surface area contributed by atoms with Gasteiger partial charge in [-0.25, -0.2) is 4.99 Å². The Kier molecular flexibility index (Phi) is 9.22. The van der Waals surface area contributed by atoms with Crippen LogP contribution >= 0.6 is 0 Å². The second-order valence-corrected chi connectivity index (χ2v) is 14.5. The normalized spacial score (nSPS) is 20.1. The lowest BCUT2D eigenvalue weighted by molar-refractivity contribution is -0.154. The Balaban J connectivity index is 0.925. The molecule has 0 saturated carbocycles. The maximum atomic E-state index is 13.6. The molecule has 0 unspecified atom stereocenters. The number of aryl methyl sites for hydroxylation is 1. The first-order chi connectivity index (χ1) is 27.8. The fraction of sp³-hybridized carbons (Fsp3) is 0.318. The summed E-state index contributed by atoms with van der Waals surface area (Å²) < 4.78 is 42.1. The molecule has 0 spiro atoms. The smallest absolute Gasteiger partial charge is 0.310 e. The molecule has 13 heteroatoms. The van der Waals surface area contributed by atoms with Crippen molar-refractivity contribution in [3.05, 3.63) is 101 Å². The van der Waals surface area contributed by atoms with Crippen molar-refractivity contribution in [2.75, 3.05) is 34.7 Å². The van der Waals surface area contributed by atoms with E-state index in [0.29, 0.717) is 76.9 Å². The molecule has 4 aromatic carbocycles. The number of hydrogen-bond donors (Lipinski definition) is 1. The summed E-state index contributed by atoms with van der Waals surface area (Å²) in [5.41, 5.74) is 4.75. The molecule has 1 aromatic heterocycles. The number of aromatic nitrogens is 1. The van der Waals surface area contributed by atoms with Gasteiger partial charge in [0.2, 0.25) is 24.2 Å². The average molecular weight is 773 g/mol. The molecule has 4 heterocycles. The Morgan fingerprint density at radius 2 is 1.58 bits per heavy atom. The molecule has 0 bridgehead atoms. The van der Waals surface area contributed by atoms with Gasteiger partial charge in [-0.05, 0) is 66.4 Å². The molecule has 1 aliphatic carbocycles. The quantitative estimate of drug-likeness (QED) is 0.101. The second kappa shape index (κ2) is 14.5. The molecular weight excluding hydrogens is 732 g/mol. The van der Waals surface area contributed by atoms with Gasteiger partial charge >= 0.3 is 11.9 Å². The number of fused-ring (bicyclic) bond motifs is 5. The molecule has 4 atom stereocenters. The van der Waals surface area contributed by atoms with Gasteiger partial charge in [0.1, 0.15) is 11.8 Å². The summed E-state index contributed by atoms with van der Waals surface area (Å²) in [5.74, 6) is -0.308. The van der Waals surface area contributed by atoms with Crippen LogP contribution < -0.4 is 23.7 Å². The summed E-state index contributed by atoms with van der Waals surface area (Å²) in [5, 5.41) is 12.2. The molecule has 5 aromatic rings. The average Bonchev–Trinajstić information content (AvgIpc) is 4.00. The van der Waals surface area contributed by atoms with Crippen LogP contribution in [-0.2, 0) is 25.6 Å². The number of ether oxygens (including phenoxy) is 7. The summed E-state index contributed by atoms with van der Waals surface area (Å²) in [6.45, 7) is 0.590. The number of para-hydroxylation sites is 2. The van der Waals surface area contributed by atoms with Crippen LogP contribution in [0.1, 0.15) is 70.3 Å². The number of cyclic esters (lactones) is 1. The van der Waals surface area contributed by atoms with E-state index in [2.05, 4.69) is 4.99 Å². The first kappa shape index (κ1) is 36.2. The number of hydrogen-bond acceptors (Lipinski definition) is 12. The number of benzene rings is 4. The predicted molar refractivity (Wildman–Crippen MR) is 206 cm³/mol. The van der Waals surface area contributed by atoms with Crippen molar-refractivity contribution >= 4 is 40.0 Å². The molecule has 13 nitrogen and oxygen atoms in total. The summed E-state index contributed by atoms with van der Waals surface area (Å²) in [6.07, 6.45) is 1.22. The van der Waals surface area contributed by atoms with Gasteiger partial charge in [0.15, 0.2) is 23.0 Å². The highest BCUT2D eigenvalue weighted by Gasteiger charge is 2.54. The van der Waals surface area contributed by atoms with Crippen LogP contribution in [0.25, 0.3) is 10.9 Å². The highest BCUT2D eigenvalue weighted by atomic mass is 16.7. The molecule has 9 rings (SSSR count). The van der Waals surface area contributed by atoms with Crippen molar-refractivity contribution in [3.63, 3.8) is 0 Å². The first-order valence-corrected chi connectivity index (χ1v) is 18.9. The van der Waals surface area contributed by atoms with Gasteiger partial charge in [-0.1, -0.05) is 36.8 Å². The Bertz CT molecular complexity index is 2460. The molecule has 57 heavy (non-hydrogen) atoms. The minimum Gasteiger partial charge on any atom is -0.494 e. The molecular formula is C44H40N2O11. The van der Waals surface area contributed by atoms with Crippen LogP contribution in [0.4, 0.5) is 5.69 Å². The van der Waals surface area contributed by atoms with Crippen LogP contribution in [0.5, 0.6) is 34.6 Å². The topological polar surface area (TPSA) is 153 Å². The van der Waals surface area contributed by atoms with E-state index in [0.717, 1.165) is 22.0 Å². The first-order valence-electron chi connectivity index (χ1n) is 18.9. The van der Waals surface area contributed by atoms with Gasteiger partial charge in [-0.15, -0.1) is 0 Å². The van der Waals surface area contributed by atoms with Gasteiger partial charge in [-0.3, -0.25) is 14.4 Å². The minimum absolute atomic E-state index is 0.0138. The van der Waals surface area contributed by atoms with Gasteiger partial charge < -0.3 is 42.8 Å². The van der Waals surface area contributed by atoms with Crippen molar-refractivity contribution < 1.29 is 52.6 Å². The largest absolute Gasteiger partial charge is 0.494 e. The number of esters is 2. The molecule has 1 fully saturated rings. The van der Waals surface area contributed by atoms with E-state index in [1.807, 2.05) is 54.6 Å². The number of methoxy groups -OCH3 is 3. The van der Waals surface area contributed by atoms with Crippen molar-refractivity contribution in [1.82, 2.24) is 4.57 Å². The minimum atomic E-state index is -0.773. The zero-order valence-electron chi connectivity index (χ0n) is 31.6. The van der Waals surface area contributed by atoms with Crippen LogP contribution in [0, 0.1) is 11.8 Å². The highest BCUT2D eigenvalue weighted by molar-refractivity contribution is 6.56. The number of aromatic hydroxyl groups is 1. The number of ketones is 1. The van der Waals surface area contributed by atoms with Gasteiger partial charge in [0.05, 0.1) is 50.6 Å². The molecule has 0 radical (unpaired) electrons. The van der Waals surface area contributed by atoms with E-state index >= 15 is 0 Å².